The topological polar surface area (TPSA) is 42.1 Å². The minimum atomic E-state index is -4.39. The molecule has 3 nitrogen and oxygen atoms in total. The van der Waals surface area contributed by atoms with Gasteiger partial charge in [0.15, 0.2) is 0 Å². The third kappa shape index (κ3) is 2.29. The molecule has 6 heteroatoms. The van der Waals surface area contributed by atoms with Gasteiger partial charge in [0.25, 0.3) is 0 Å². The minimum Gasteiger partial charge on any atom is -0.371 e. The summed E-state index contributed by atoms with van der Waals surface area (Å²) >= 11 is 0. The molecular formula is C13H16F3N3. The summed E-state index contributed by atoms with van der Waals surface area (Å²) in [6.45, 7) is 1.50. The van der Waals surface area contributed by atoms with Gasteiger partial charge in [0.05, 0.1) is 0 Å². The van der Waals surface area contributed by atoms with Crippen LogP contribution in [0, 0.1) is 11.8 Å². The van der Waals surface area contributed by atoms with Gasteiger partial charge in [0.1, 0.15) is 5.69 Å². The molecule has 2 fully saturated rings. The maximum absolute atomic E-state index is 12.7. The number of rotatable bonds is 1. The number of anilines is 1. The number of pyridine rings is 1. The smallest absolute Gasteiger partial charge is 0.371 e. The Balaban J connectivity index is 1.84. The van der Waals surface area contributed by atoms with E-state index in [2.05, 4.69) is 4.98 Å². The number of nitrogens with zero attached hydrogens (tertiary/aromatic N) is 2. The van der Waals surface area contributed by atoms with E-state index in [1.165, 1.54) is 6.20 Å². The van der Waals surface area contributed by atoms with Gasteiger partial charge in [0.2, 0.25) is 0 Å². The largest absolute Gasteiger partial charge is 0.433 e. The van der Waals surface area contributed by atoms with Crippen LogP contribution in [0.15, 0.2) is 18.3 Å². The summed E-state index contributed by atoms with van der Waals surface area (Å²) in [6.07, 6.45) is -0.991. The maximum atomic E-state index is 12.7. The third-order valence-corrected chi connectivity index (χ3v) is 4.31. The summed E-state index contributed by atoms with van der Waals surface area (Å²) < 4.78 is 38.0. The first-order chi connectivity index (χ1) is 8.95. The average Bonchev–Trinajstić information content (AvgIpc) is 2.61. The highest BCUT2D eigenvalue weighted by Crippen LogP contribution is 2.38. The number of hydrogen-bond donors (Lipinski definition) is 1. The number of piperidine rings is 1. The molecule has 1 aromatic heterocycles. The first-order valence-electron chi connectivity index (χ1n) is 6.49. The van der Waals surface area contributed by atoms with E-state index in [0.717, 1.165) is 32.0 Å². The molecule has 2 bridgehead atoms. The Morgan fingerprint density at radius 2 is 1.84 bits per heavy atom. The molecular weight excluding hydrogens is 255 g/mol. The van der Waals surface area contributed by atoms with E-state index in [9.17, 15) is 13.2 Å². The summed E-state index contributed by atoms with van der Waals surface area (Å²) in [5.41, 5.74) is 5.88. The van der Waals surface area contributed by atoms with Crippen LogP contribution >= 0.6 is 0 Å². The summed E-state index contributed by atoms with van der Waals surface area (Å²) in [5, 5.41) is 0. The van der Waals surface area contributed by atoms with Crippen LogP contribution in [0.1, 0.15) is 18.5 Å². The second kappa shape index (κ2) is 4.37. The van der Waals surface area contributed by atoms with Crippen LogP contribution in [0.5, 0.6) is 0 Å². The van der Waals surface area contributed by atoms with Crippen molar-refractivity contribution in [3.8, 4) is 0 Å². The van der Waals surface area contributed by atoms with Crippen molar-refractivity contribution in [3.05, 3.63) is 24.0 Å². The second-order valence-electron chi connectivity index (χ2n) is 5.48. The summed E-state index contributed by atoms with van der Waals surface area (Å²) in [6, 6.07) is 2.99. The first-order valence-corrected chi connectivity index (χ1v) is 6.49. The van der Waals surface area contributed by atoms with Gasteiger partial charge in [-0.1, -0.05) is 0 Å². The zero-order valence-corrected chi connectivity index (χ0v) is 10.4. The van der Waals surface area contributed by atoms with Crippen LogP contribution in [-0.2, 0) is 6.18 Å². The molecule has 1 unspecified atom stereocenters. The van der Waals surface area contributed by atoms with E-state index >= 15 is 0 Å². The summed E-state index contributed by atoms with van der Waals surface area (Å²) in [5.74, 6) is 0.808. The number of hydrogen-bond acceptors (Lipinski definition) is 3. The Kier molecular flexibility index (Phi) is 2.92. The number of halogens is 3. The Morgan fingerprint density at radius 1 is 1.21 bits per heavy atom. The molecule has 0 amide bonds. The van der Waals surface area contributed by atoms with Crippen LogP contribution in [0.3, 0.4) is 0 Å². The molecule has 2 N–H and O–H groups in total. The van der Waals surface area contributed by atoms with Crippen LogP contribution in [0.25, 0.3) is 0 Å². The van der Waals surface area contributed by atoms with Crippen LogP contribution < -0.4 is 10.6 Å². The zero-order valence-electron chi connectivity index (χ0n) is 10.4. The highest BCUT2D eigenvalue weighted by molar-refractivity contribution is 5.48. The molecule has 2 aliphatic rings. The normalized spacial score (nSPS) is 30.7. The molecule has 0 aromatic carbocycles. The molecule has 3 atom stereocenters. The fraction of sp³-hybridized carbons (Fsp3) is 0.615. The lowest BCUT2D eigenvalue weighted by atomic mass is 9.93. The van der Waals surface area contributed by atoms with Crippen molar-refractivity contribution in [2.45, 2.75) is 25.1 Å². The standard InChI is InChI=1S/C13H16F3N3/c14-13(15,16)11-5-10(3-4-18-11)19-6-8-1-2-9(7-19)12(8)17/h3-5,8-9,12H,1-2,6-7,17H2/t8-,9?,12-/m0/s1. The minimum absolute atomic E-state index is 0.208. The molecule has 0 spiro atoms. The van der Waals surface area contributed by atoms with E-state index in [1.807, 2.05) is 4.90 Å². The van der Waals surface area contributed by atoms with Gasteiger partial charge in [-0.2, -0.15) is 13.2 Å². The number of fused-ring (bicyclic) bond motifs is 2. The third-order valence-electron chi connectivity index (χ3n) is 4.31. The van der Waals surface area contributed by atoms with Crippen LogP contribution in [-0.4, -0.2) is 24.1 Å². The monoisotopic (exact) mass is 271 g/mol. The van der Waals surface area contributed by atoms with E-state index in [0.29, 0.717) is 17.5 Å². The van der Waals surface area contributed by atoms with Crippen LogP contribution in [0.2, 0.25) is 0 Å². The summed E-state index contributed by atoms with van der Waals surface area (Å²) in [7, 11) is 0. The Labute approximate surface area is 109 Å². The predicted octanol–water partition coefficient (Wildman–Crippen LogP) is 2.27. The SMILES string of the molecule is N[C@@H]1C2CC[C@H]1CN(c1ccnc(C(F)(F)F)c1)C2. The molecule has 1 saturated heterocycles. The lowest BCUT2D eigenvalue weighted by molar-refractivity contribution is -0.141. The van der Waals surface area contributed by atoms with Gasteiger partial charge < -0.3 is 10.6 Å². The van der Waals surface area contributed by atoms with E-state index in [1.54, 1.807) is 6.07 Å². The van der Waals surface area contributed by atoms with Gasteiger partial charge >= 0.3 is 6.18 Å². The second-order valence-corrected chi connectivity index (χ2v) is 5.48. The molecule has 3 rings (SSSR count). The Hall–Kier alpha value is -1.30. The maximum Gasteiger partial charge on any atom is 0.433 e. The molecule has 1 aliphatic carbocycles. The van der Waals surface area contributed by atoms with Crippen molar-refractivity contribution in [1.29, 1.82) is 0 Å². The molecule has 104 valence electrons. The average molecular weight is 271 g/mol. The van der Waals surface area contributed by atoms with Gasteiger partial charge in [-0.25, -0.2) is 0 Å². The van der Waals surface area contributed by atoms with Crippen molar-refractivity contribution in [1.82, 2.24) is 4.98 Å². The van der Waals surface area contributed by atoms with Crippen molar-refractivity contribution in [2.24, 2.45) is 17.6 Å². The van der Waals surface area contributed by atoms with Gasteiger partial charge in [-0.15, -0.1) is 0 Å². The number of nitrogens with two attached hydrogens (primary N) is 1. The zero-order chi connectivity index (χ0) is 13.6. The summed E-state index contributed by atoms with van der Waals surface area (Å²) in [4.78, 5) is 5.41. The molecule has 0 radical (unpaired) electrons. The van der Waals surface area contributed by atoms with E-state index < -0.39 is 11.9 Å². The highest BCUT2D eigenvalue weighted by atomic mass is 19.4. The Morgan fingerprint density at radius 3 is 2.42 bits per heavy atom. The molecule has 1 aliphatic heterocycles. The fourth-order valence-electron chi connectivity index (χ4n) is 3.25. The van der Waals surface area contributed by atoms with Gasteiger partial charge in [-0.05, 0) is 36.8 Å². The predicted molar refractivity (Wildman–Crippen MR) is 65.6 cm³/mol. The molecule has 1 saturated carbocycles. The van der Waals surface area contributed by atoms with E-state index in [4.69, 9.17) is 5.73 Å². The quantitative estimate of drug-likeness (QED) is 0.852. The highest BCUT2D eigenvalue weighted by Gasteiger charge is 2.40. The first kappa shape index (κ1) is 12.7. The van der Waals surface area contributed by atoms with Gasteiger partial charge in [-0.3, -0.25) is 4.98 Å². The molecule has 2 heterocycles. The van der Waals surface area contributed by atoms with Crippen molar-refractivity contribution >= 4 is 5.69 Å². The lowest BCUT2D eigenvalue weighted by Gasteiger charge is -2.37. The van der Waals surface area contributed by atoms with Crippen molar-refractivity contribution in [3.63, 3.8) is 0 Å². The Bertz CT molecular complexity index is 460. The molecule has 1 aromatic rings. The number of aromatic nitrogens is 1. The lowest BCUT2D eigenvalue weighted by Crippen LogP contribution is -2.48. The van der Waals surface area contributed by atoms with Crippen LogP contribution in [0.4, 0.5) is 18.9 Å². The number of alkyl halides is 3. The van der Waals surface area contributed by atoms with Crippen molar-refractivity contribution < 1.29 is 13.2 Å². The van der Waals surface area contributed by atoms with Gasteiger partial charge in [0, 0.05) is 31.0 Å². The van der Waals surface area contributed by atoms with E-state index in [-0.39, 0.29) is 6.04 Å². The molecule has 19 heavy (non-hydrogen) atoms. The van der Waals surface area contributed by atoms with Crippen molar-refractivity contribution in [2.75, 3.05) is 18.0 Å². The fourth-order valence-corrected chi connectivity index (χ4v) is 3.25.